The van der Waals surface area contributed by atoms with Crippen molar-refractivity contribution < 1.29 is 32.7 Å². The van der Waals surface area contributed by atoms with E-state index in [2.05, 4.69) is 11.8 Å². The van der Waals surface area contributed by atoms with Crippen LogP contribution >= 0.6 is 11.6 Å². The quantitative estimate of drug-likeness (QED) is 0.111. The molecule has 13 heteroatoms. The van der Waals surface area contributed by atoms with Gasteiger partial charge in [-0.25, -0.2) is 18.7 Å². The molecule has 1 saturated heterocycles. The van der Waals surface area contributed by atoms with E-state index in [1.165, 1.54) is 34.1 Å². The molecule has 0 aromatic heterocycles. The van der Waals surface area contributed by atoms with Crippen molar-refractivity contribution in [2.75, 3.05) is 49.3 Å². The number of hydrogen-bond donors (Lipinski definition) is 2. The first-order chi connectivity index (χ1) is 21.9. The predicted molar refractivity (Wildman–Crippen MR) is 177 cm³/mol. The Bertz CT molecular complexity index is 1640. The number of urea groups is 1. The van der Waals surface area contributed by atoms with Crippen molar-refractivity contribution in [3.05, 3.63) is 84.9 Å². The lowest BCUT2D eigenvalue weighted by molar-refractivity contribution is -0.140. The lowest BCUT2D eigenvalue weighted by Gasteiger charge is -2.40. The molecule has 1 fully saturated rings. The van der Waals surface area contributed by atoms with Crippen molar-refractivity contribution in [2.45, 2.75) is 24.7 Å². The van der Waals surface area contributed by atoms with Crippen LogP contribution in [-0.2, 0) is 14.6 Å². The van der Waals surface area contributed by atoms with Crippen molar-refractivity contribution >= 4 is 50.1 Å². The van der Waals surface area contributed by atoms with E-state index in [0.29, 0.717) is 5.75 Å². The number of halogens is 1. The number of amides is 4. The molecule has 3 aromatic carbocycles. The molecule has 1 heterocycles. The summed E-state index contributed by atoms with van der Waals surface area (Å²) < 4.78 is 31.8. The number of nitrogens with zero attached hydrogens (tertiary/aromatic N) is 3. The number of hydroxylamine groups is 1. The Kier molecular flexibility index (Phi) is 13.0. The summed E-state index contributed by atoms with van der Waals surface area (Å²) in [5.41, 5.74) is 1.78. The minimum absolute atomic E-state index is 0.0406. The summed E-state index contributed by atoms with van der Waals surface area (Å²) in [5, 5.41) is 8.88. The number of benzene rings is 3. The number of para-hydroxylation sites is 2. The van der Waals surface area contributed by atoms with E-state index in [4.69, 9.17) is 16.3 Å². The van der Waals surface area contributed by atoms with E-state index in [1.807, 2.05) is 60.7 Å². The summed E-state index contributed by atoms with van der Waals surface area (Å²) in [6, 6.07) is 24.0. The van der Waals surface area contributed by atoms with Gasteiger partial charge in [0.15, 0.2) is 9.84 Å². The standard InChI is InChI=1S/C25H29N3O6S.C8H8ClNO/c1-3-4-18-34-21-10-12-22(13-11-21)35(32,33)19-25(23(29)26-31)14-16-28(17-15-25)24(30)27(2)20-8-6-5-7-9-20;1-10(8(9)11)7-5-3-2-4-6-7/h5-13,31H,14-19H2,1-2H3,(H,26,29);2-6H,1H3. The van der Waals surface area contributed by atoms with Crippen LogP contribution < -0.4 is 20.0 Å². The van der Waals surface area contributed by atoms with Crippen LogP contribution in [-0.4, -0.2) is 75.4 Å². The number of ether oxygens (including phenoxy) is 1. The largest absolute Gasteiger partial charge is 0.481 e. The maximum Gasteiger partial charge on any atom is 0.324 e. The van der Waals surface area contributed by atoms with Crippen LogP contribution in [0, 0.1) is 17.3 Å². The molecule has 46 heavy (non-hydrogen) atoms. The fourth-order valence-electron chi connectivity index (χ4n) is 4.79. The number of sulfone groups is 1. The molecule has 1 aliphatic heterocycles. The van der Waals surface area contributed by atoms with Gasteiger partial charge in [0, 0.05) is 38.6 Å². The third-order valence-electron chi connectivity index (χ3n) is 7.55. The molecule has 0 saturated carbocycles. The molecule has 2 N–H and O–H groups in total. The van der Waals surface area contributed by atoms with Crippen LogP contribution in [0.5, 0.6) is 5.75 Å². The third-order valence-corrected chi connectivity index (χ3v) is 9.73. The number of anilines is 2. The zero-order valence-electron chi connectivity index (χ0n) is 25.9. The molecule has 11 nitrogen and oxygen atoms in total. The topological polar surface area (TPSA) is 137 Å². The van der Waals surface area contributed by atoms with Gasteiger partial charge in [0.2, 0.25) is 0 Å². The zero-order chi connectivity index (χ0) is 33.7. The molecular weight excluding hydrogens is 632 g/mol. The van der Waals surface area contributed by atoms with Gasteiger partial charge in [-0.1, -0.05) is 42.3 Å². The monoisotopic (exact) mass is 668 g/mol. The summed E-state index contributed by atoms with van der Waals surface area (Å²) in [4.78, 5) is 40.7. The number of carbonyl (C=O) groups excluding carboxylic acids is 3. The zero-order valence-corrected chi connectivity index (χ0v) is 27.4. The predicted octanol–water partition coefficient (Wildman–Crippen LogP) is 5.19. The summed E-state index contributed by atoms with van der Waals surface area (Å²) >= 11 is 5.25. The fraction of sp³-hybridized carbons (Fsp3) is 0.303. The van der Waals surface area contributed by atoms with Crippen LogP contribution in [0.15, 0.2) is 89.8 Å². The molecule has 0 unspecified atom stereocenters. The van der Waals surface area contributed by atoms with E-state index in [1.54, 1.807) is 31.4 Å². The molecule has 4 rings (SSSR count). The average Bonchev–Trinajstić information content (AvgIpc) is 3.08. The highest BCUT2D eigenvalue weighted by molar-refractivity contribution is 7.91. The highest BCUT2D eigenvalue weighted by Gasteiger charge is 2.46. The Morgan fingerprint density at radius 3 is 1.91 bits per heavy atom. The van der Waals surface area contributed by atoms with Gasteiger partial charge in [-0.15, -0.1) is 5.92 Å². The lowest BCUT2D eigenvalue weighted by Crippen LogP contribution is -2.54. The third kappa shape index (κ3) is 9.47. The smallest absolute Gasteiger partial charge is 0.324 e. The number of piperidine rings is 1. The van der Waals surface area contributed by atoms with Gasteiger partial charge in [-0.2, -0.15) is 0 Å². The first-order valence-corrected chi connectivity index (χ1v) is 16.3. The Labute approximate surface area is 274 Å². The molecule has 0 atom stereocenters. The molecule has 0 aliphatic carbocycles. The molecule has 0 spiro atoms. The first kappa shape index (κ1) is 35.9. The number of carbonyl (C=O) groups is 3. The van der Waals surface area contributed by atoms with Crippen molar-refractivity contribution in [1.82, 2.24) is 10.4 Å². The minimum Gasteiger partial charge on any atom is -0.481 e. The second-order valence-corrected chi connectivity index (χ2v) is 12.8. The van der Waals surface area contributed by atoms with E-state index in [0.717, 1.165) is 11.4 Å². The number of hydrogen-bond acceptors (Lipinski definition) is 7. The first-order valence-electron chi connectivity index (χ1n) is 14.3. The highest BCUT2D eigenvalue weighted by atomic mass is 35.5. The van der Waals surface area contributed by atoms with Gasteiger partial charge >= 0.3 is 11.4 Å². The Morgan fingerprint density at radius 2 is 1.43 bits per heavy atom. The van der Waals surface area contributed by atoms with Crippen molar-refractivity contribution in [3.63, 3.8) is 0 Å². The Balaban J connectivity index is 0.000000441. The Hall–Kier alpha value is -4.57. The normalized spacial score (nSPS) is 13.5. The molecule has 3 aromatic rings. The van der Waals surface area contributed by atoms with E-state index >= 15 is 0 Å². The summed E-state index contributed by atoms with van der Waals surface area (Å²) in [6.45, 7) is 2.23. The van der Waals surface area contributed by atoms with Crippen molar-refractivity contribution in [2.24, 2.45) is 5.41 Å². The summed E-state index contributed by atoms with van der Waals surface area (Å²) in [7, 11) is -0.593. The molecule has 244 valence electrons. The molecular formula is C33H37ClN4O7S. The highest BCUT2D eigenvalue weighted by Crippen LogP contribution is 2.36. The van der Waals surface area contributed by atoms with Gasteiger partial charge in [-0.05, 0) is 79.9 Å². The van der Waals surface area contributed by atoms with Crippen molar-refractivity contribution in [1.29, 1.82) is 0 Å². The van der Waals surface area contributed by atoms with Crippen LogP contribution in [0.3, 0.4) is 0 Å². The van der Waals surface area contributed by atoms with Gasteiger partial charge in [0.05, 0.1) is 16.1 Å². The lowest BCUT2D eigenvalue weighted by atomic mass is 9.79. The maximum absolute atomic E-state index is 13.2. The van der Waals surface area contributed by atoms with E-state index in [9.17, 15) is 28.0 Å². The molecule has 1 aliphatic rings. The van der Waals surface area contributed by atoms with Gasteiger partial charge in [0.25, 0.3) is 5.91 Å². The van der Waals surface area contributed by atoms with Crippen LogP contribution in [0.2, 0.25) is 0 Å². The van der Waals surface area contributed by atoms with Crippen LogP contribution in [0.4, 0.5) is 21.0 Å². The molecule has 0 radical (unpaired) electrons. The minimum atomic E-state index is -3.88. The molecule has 0 bridgehead atoms. The van der Waals surface area contributed by atoms with E-state index in [-0.39, 0.29) is 43.5 Å². The second kappa shape index (κ2) is 16.7. The summed E-state index contributed by atoms with van der Waals surface area (Å²) in [5.74, 6) is 4.67. The number of likely N-dealkylation sites (tertiary alicyclic amines) is 1. The second-order valence-electron chi connectivity index (χ2n) is 10.5. The Morgan fingerprint density at radius 1 is 0.913 bits per heavy atom. The van der Waals surface area contributed by atoms with Crippen molar-refractivity contribution in [3.8, 4) is 17.6 Å². The van der Waals surface area contributed by atoms with Gasteiger partial charge in [-0.3, -0.25) is 19.7 Å². The number of rotatable bonds is 8. The van der Waals surface area contributed by atoms with Gasteiger partial charge < -0.3 is 14.5 Å². The molecule has 4 amide bonds. The fourth-order valence-corrected chi connectivity index (χ4v) is 6.75. The van der Waals surface area contributed by atoms with Gasteiger partial charge in [0.1, 0.15) is 12.4 Å². The maximum atomic E-state index is 13.2. The summed E-state index contributed by atoms with van der Waals surface area (Å²) in [6.07, 6.45) is 0.174. The average molecular weight is 669 g/mol. The van der Waals surface area contributed by atoms with Crippen LogP contribution in [0.1, 0.15) is 19.8 Å². The van der Waals surface area contributed by atoms with Crippen LogP contribution in [0.25, 0.3) is 0 Å². The van der Waals surface area contributed by atoms with E-state index < -0.39 is 32.3 Å². The SMILES string of the molecule is CC#CCOc1ccc(S(=O)(=O)CC2(C(=O)NO)CCN(C(=O)N(C)c3ccccc3)CC2)cc1.CN(C(=O)Cl)c1ccccc1. The number of nitrogens with one attached hydrogen (secondary N) is 1.